The van der Waals surface area contributed by atoms with Crippen LogP contribution in [0.25, 0.3) is 0 Å². The van der Waals surface area contributed by atoms with Crippen LogP contribution in [0.4, 0.5) is 10.2 Å². The molecule has 7 heteroatoms. The molecule has 1 aliphatic carbocycles. The monoisotopic (exact) mass is 430 g/mol. The zero-order valence-electron chi connectivity index (χ0n) is 17.1. The van der Waals surface area contributed by atoms with E-state index in [9.17, 15) is 4.39 Å². The first kappa shape index (κ1) is 20.7. The van der Waals surface area contributed by atoms with Gasteiger partial charge in [0.15, 0.2) is 5.82 Å². The minimum atomic E-state index is -0.393. The van der Waals surface area contributed by atoms with Crippen molar-refractivity contribution in [3.63, 3.8) is 0 Å². The molecular weight excluding hydrogens is 403 g/mol. The van der Waals surface area contributed by atoms with Gasteiger partial charge in [-0.25, -0.2) is 14.4 Å². The molecule has 0 amide bonds. The van der Waals surface area contributed by atoms with Crippen molar-refractivity contribution in [2.24, 2.45) is 16.1 Å². The van der Waals surface area contributed by atoms with Crippen LogP contribution in [0, 0.1) is 11.2 Å². The summed E-state index contributed by atoms with van der Waals surface area (Å²) in [6.07, 6.45) is 7.68. The first-order valence-corrected chi connectivity index (χ1v) is 10.7. The normalized spacial score (nSPS) is 20.5. The minimum absolute atomic E-state index is 0. The highest BCUT2D eigenvalue weighted by Gasteiger charge is 2.46. The van der Waals surface area contributed by atoms with Gasteiger partial charge < -0.3 is 10.6 Å². The molecule has 1 saturated heterocycles. The van der Waals surface area contributed by atoms with Crippen molar-refractivity contribution in [3.05, 3.63) is 82.8 Å². The van der Waals surface area contributed by atoms with E-state index in [1.807, 2.05) is 0 Å². The summed E-state index contributed by atoms with van der Waals surface area (Å²) in [7, 11) is 0. The fourth-order valence-corrected chi connectivity index (χ4v) is 5.37. The Morgan fingerprint density at radius 2 is 1.91 bits per heavy atom. The predicted octanol–water partition coefficient (Wildman–Crippen LogP) is 3.84. The van der Waals surface area contributed by atoms with Crippen molar-refractivity contribution in [3.8, 4) is 0 Å². The Balaban J connectivity index is 0.00000216. The molecule has 1 atom stereocenters. The molecule has 32 heavy (non-hydrogen) atoms. The number of piperidine rings is 1. The lowest BCUT2D eigenvalue weighted by atomic mass is 9.73. The largest absolute Gasteiger partial charge is 0.355 e. The number of nitrogens with two attached hydrogens (primary N) is 1. The SMILES string of the molecule is C.N[C@@H]1c2ccccc2CC12CCN(c1cnc3c(n1)CN=C3c1ccncc1F)CC2. The highest BCUT2D eigenvalue weighted by Crippen LogP contribution is 2.50. The zero-order chi connectivity index (χ0) is 21.0. The lowest BCUT2D eigenvalue weighted by Gasteiger charge is -2.42. The lowest BCUT2D eigenvalue weighted by Crippen LogP contribution is -2.44. The smallest absolute Gasteiger partial charge is 0.150 e. The number of hydrogen-bond acceptors (Lipinski definition) is 6. The molecule has 0 bridgehead atoms. The van der Waals surface area contributed by atoms with E-state index >= 15 is 0 Å². The second-order valence-electron chi connectivity index (χ2n) is 8.75. The molecule has 3 aliphatic rings. The van der Waals surface area contributed by atoms with Crippen molar-refractivity contribution in [1.82, 2.24) is 15.0 Å². The topological polar surface area (TPSA) is 80.3 Å². The molecule has 0 radical (unpaired) electrons. The first-order valence-electron chi connectivity index (χ1n) is 10.7. The van der Waals surface area contributed by atoms with Gasteiger partial charge in [0.1, 0.15) is 11.5 Å². The van der Waals surface area contributed by atoms with Gasteiger partial charge in [-0.05, 0) is 41.9 Å². The van der Waals surface area contributed by atoms with Gasteiger partial charge in [-0.3, -0.25) is 9.98 Å². The lowest BCUT2D eigenvalue weighted by molar-refractivity contribution is 0.187. The van der Waals surface area contributed by atoms with Crippen LogP contribution >= 0.6 is 0 Å². The number of fused-ring (bicyclic) bond motifs is 2. The fraction of sp³-hybridized carbons (Fsp3) is 0.360. The van der Waals surface area contributed by atoms with Crippen LogP contribution in [0.3, 0.4) is 0 Å². The standard InChI is InChI=1S/C24H23FN6.CH4/c25-18-12-27-8-5-17(18)21-22-19(13-28-21)30-20(14-29-22)31-9-6-24(7-10-31)11-15-3-1-2-4-16(15)23(24)26;/h1-5,8,12,14,23H,6-7,9-11,13,26H2;1H4/t23-;/m1./s1. The summed E-state index contributed by atoms with van der Waals surface area (Å²) in [5.74, 6) is 0.472. The number of aromatic nitrogens is 3. The van der Waals surface area contributed by atoms with E-state index in [2.05, 4.69) is 44.1 Å². The molecule has 2 N–H and O–H groups in total. The summed E-state index contributed by atoms with van der Waals surface area (Å²) in [6, 6.07) is 10.3. The maximum absolute atomic E-state index is 14.2. The van der Waals surface area contributed by atoms with Gasteiger partial charge in [0.2, 0.25) is 0 Å². The highest BCUT2D eigenvalue weighted by molar-refractivity contribution is 6.13. The van der Waals surface area contributed by atoms with Crippen LogP contribution in [0.1, 0.15) is 54.4 Å². The molecule has 0 unspecified atom stereocenters. The number of benzene rings is 1. The molecule has 1 aromatic carbocycles. The van der Waals surface area contributed by atoms with Crippen molar-refractivity contribution in [2.45, 2.75) is 39.3 Å². The van der Waals surface area contributed by atoms with E-state index in [1.165, 1.54) is 17.3 Å². The summed E-state index contributed by atoms with van der Waals surface area (Å²) < 4.78 is 14.2. The molecule has 3 aromatic rings. The van der Waals surface area contributed by atoms with Crippen molar-refractivity contribution in [2.75, 3.05) is 18.0 Å². The quantitative estimate of drug-likeness (QED) is 0.668. The second-order valence-corrected chi connectivity index (χ2v) is 8.75. The Hall–Kier alpha value is -3.19. The maximum Gasteiger partial charge on any atom is 0.150 e. The summed E-state index contributed by atoms with van der Waals surface area (Å²) >= 11 is 0. The van der Waals surface area contributed by atoms with Crippen molar-refractivity contribution >= 4 is 11.5 Å². The average molecular weight is 431 g/mol. The summed E-state index contributed by atoms with van der Waals surface area (Å²) in [5, 5.41) is 0. The Kier molecular flexibility index (Phi) is 5.01. The number of hydrogen-bond donors (Lipinski definition) is 1. The molecule has 1 fully saturated rings. The molecule has 1 spiro atoms. The molecule has 2 aromatic heterocycles. The number of pyridine rings is 1. The van der Waals surface area contributed by atoms with Gasteiger partial charge in [0.25, 0.3) is 0 Å². The van der Waals surface area contributed by atoms with E-state index < -0.39 is 5.82 Å². The van der Waals surface area contributed by atoms with E-state index in [4.69, 9.17) is 10.7 Å². The van der Waals surface area contributed by atoms with Gasteiger partial charge in [-0.1, -0.05) is 31.7 Å². The van der Waals surface area contributed by atoms with Gasteiger partial charge in [0, 0.05) is 30.9 Å². The van der Waals surface area contributed by atoms with E-state index in [0.29, 0.717) is 23.5 Å². The summed E-state index contributed by atoms with van der Waals surface area (Å²) in [6.45, 7) is 2.23. The Morgan fingerprint density at radius 3 is 2.69 bits per heavy atom. The van der Waals surface area contributed by atoms with E-state index in [-0.39, 0.29) is 18.9 Å². The third kappa shape index (κ3) is 3.11. The van der Waals surface area contributed by atoms with Gasteiger partial charge in [-0.2, -0.15) is 0 Å². The number of anilines is 1. The number of halogens is 1. The van der Waals surface area contributed by atoms with Crippen LogP contribution in [0.5, 0.6) is 0 Å². The Morgan fingerprint density at radius 1 is 1.09 bits per heavy atom. The van der Waals surface area contributed by atoms with Crippen LogP contribution in [0.2, 0.25) is 0 Å². The van der Waals surface area contributed by atoms with Gasteiger partial charge >= 0.3 is 0 Å². The first-order chi connectivity index (χ1) is 15.1. The van der Waals surface area contributed by atoms with Crippen LogP contribution < -0.4 is 10.6 Å². The number of nitrogens with zero attached hydrogens (tertiary/aromatic N) is 5. The number of aliphatic imine (C=N–C) groups is 1. The van der Waals surface area contributed by atoms with Crippen molar-refractivity contribution < 1.29 is 4.39 Å². The average Bonchev–Trinajstić information content (AvgIpc) is 3.34. The summed E-state index contributed by atoms with van der Waals surface area (Å²) in [4.78, 5) is 20.1. The highest BCUT2D eigenvalue weighted by atomic mass is 19.1. The fourth-order valence-electron chi connectivity index (χ4n) is 5.37. The minimum Gasteiger partial charge on any atom is -0.355 e. The molecule has 2 aliphatic heterocycles. The molecular formula is C25H27FN6. The van der Waals surface area contributed by atoms with Crippen LogP contribution in [-0.4, -0.2) is 33.8 Å². The van der Waals surface area contributed by atoms with Crippen LogP contribution in [-0.2, 0) is 13.0 Å². The molecule has 4 heterocycles. The second kappa shape index (κ2) is 7.74. The summed E-state index contributed by atoms with van der Waals surface area (Å²) in [5.41, 5.74) is 12.0. The van der Waals surface area contributed by atoms with E-state index in [0.717, 1.165) is 43.9 Å². The van der Waals surface area contributed by atoms with E-state index in [1.54, 1.807) is 18.5 Å². The molecule has 164 valence electrons. The third-order valence-electron chi connectivity index (χ3n) is 7.15. The van der Waals surface area contributed by atoms with Crippen LogP contribution in [0.15, 0.2) is 53.9 Å². The maximum atomic E-state index is 14.2. The third-order valence-corrected chi connectivity index (χ3v) is 7.15. The molecule has 6 rings (SSSR count). The van der Waals surface area contributed by atoms with Crippen molar-refractivity contribution in [1.29, 1.82) is 0 Å². The van der Waals surface area contributed by atoms with Gasteiger partial charge in [-0.15, -0.1) is 0 Å². The Bertz CT molecular complexity index is 1200. The van der Waals surface area contributed by atoms with Gasteiger partial charge in [0.05, 0.1) is 30.3 Å². The number of rotatable bonds is 2. The molecule has 0 saturated carbocycles. The molecule has 6 nitrogen and oxygen atoms in total. The Labute approximate surface area is 187 Å². The zero-order valence-corrected chi connectivity index (χ0v) is 17.1. The predicted molar refractivity (Wildman–Crippen MR) is 123 cm³/mol.